The second kappa shape index (κ2) is 3.42. The number of aliphatic hydroxyl groups excluding tert-OH is 1. The third-order valence-electron chi connectivity index (χ3n) is 1.77. The van der Waals surface area contributed by atoms with Crippen molar-refractivity contribution in [2.24, 2.45) is 0 Å². The first-order valence-electron chi connectivity index (χ1n) is 3.66. The van der Waals surface area contributed by atoms with Crippen LogP contribution < -0.4 is 0 Å². The van der Waals surface area contributed by atoms with Gasteiger partial charge in [0.05, 0.1) is 11.1 Å². The van der Waals surface area contributed by atoms with Gasteiger partial charge in [-0.2, -0.15) is 0 Å². The molecule has 1 aromatic carbocycles. The number of aryl methyl sites for hydroxylation is 1. The van der Waals surface area contributed by atoms with Gasteiger partial charge in [0.1, 0.15) is 5.82 Å². The lowest BCUT2D eigenvalue weighted by molar-refractivity contribution is 0.198. The highest BCUT2D eigenvalue weighted by atomic mass is 35.5. The van der Waals surface area contributed by atoms with Crippen molar-refractivity contribution >= 4 is 11.6 Å². The highest BCUT2D eigenvalue weighted by molar-refractivity contribution is 6.31. The Morgan fingerprint density at radius 1 is 1.50 bits per heavy atom. The second-order valence-electron chi connectivity index (χ2n) is 2.77. The fourth-order valence-electron chi connectivity index (χ4n) is 1.18. The number of halogens is 2. The minimum absolute atomic E-state index is 0.0185. The Bertz CT molecular complexity index is 297. The van der Waals surface area contributed by atoms with E-state index in [1.165, 1.54) is 6.07 Å². The molecule has 0 aliphatic heterocycles. The van der Waals surface area contributed by atoms with Crippen LogP contribution in [-0.2, 0) is 0 Å². The lowest BCUT2D eigenvalue weighted by atomic mass is 10.0. The van der Waals surface area contributed by atoms with E-state index in [9.17, 15) is 9.50 Å². The number of hydrogen-bond acceptors (Lipinski definition) is 1. The fourth-order valence-corrected chi connectivity index (χ4v) is 1.55. The van der Waals surface area contributed by atoms with E-state index in [-0.39, 0.29) is 5.02 Å². The van der Waals surface area contributed by atoms with E-state index in [0.29, 0.717) is 5.56 Å². The smallest absolute Gasteiger partial charge is 0.142 e. The van der Waals surface area contributed by atoms with Gasteiger partial charge in [0.15, 0.2) is 0 Å². The topological polar surface area (TPSA) is 20.2 Å². The van der Waals surface area contributed by atoms with Crippen LogP contribution in [0.25, 0.3) is 0 Å². The molecule has 0 radical (unpaired) electrons. The summed E-state index contributed by atoms with van der Waals surface area (Å²) in [5.41, 5.74) is 1.27. The van der Waals surface area contributed by atoms with Crippen molar-refractivity contribution < 1.29 is 9.50 Å². The standard InChI is InChI=1S/C9H10ClFO/c1-5-3-4-7(11)9(10)8(5)6(2)12/h3-4,6,12H,1-2H3/t6-/m0/s1. The molecule has 0 saturated heterocycles. The minimum atomic E-state index is -0.729. The molecule has 1 rings (SSSR count). The summed E-state index contributed by atoms with van der Waals surface area (Å²) in [5, 5.41) is 9.28. The Morgan fingerprint density at radius 2 is 2.08 bits per heavy atom. The zero-order valence-corrected chi connectivity index (χ0v) is 7.69. The van der Waals surface area contributed by atoms with Crippen LogP contribution in [0.4, 0.5) is 4.39 Å². The zero-order chi connectivity index (χ0) is 9.30. The number of hydrogen-bond donors (Lipinski definition) is 1. The van der Waals surface area contributed by atoms with Gasteiger partial charge in [0, 0.05) is 5.56 Å². The molecule has 0 aliphatic rings. The van der Waals surface area contributed by atoms with Crippen molar-refractivity contribution in [2.75, 3.05) is 0 Å². The number of rotatable bonds is 1. The molecule has 0 saturated carbocycles. The summed E-state index contributed by atoms with van der Waals surface area (Å²) >= 11 is 5.66. The van der Waals surface area contributed by atoms with E-state index in [1.54, 1.807) is 19.9 Å². The highest BCUT2D eigenvalue weighted by Gasteiger charge is 2.12. The average molecular weight is 189 g/mol. The molecule has 0 amide bonds. The summed E-state index contributed by atoms with van der Waals surface area (Å²) in [7, 11) is 0. The quantitative estimate of drug-likeness (QED) is 0.719. The van der Waals surface area contributed by atoms with Gasteiger partial charge < -0.3 is 5.11 Å². The summed E-state index contributed by atoms with van der Waals surface area (Å²) in [6, 6.07) is 2.90. The molecule has 3 heteroatoms. The first-order chi connectivity index (χ1) is 5.54. The Kier molecular flexibility index (Phi) is 2.70. The molecule has 0 heterocycles. The van der Waals surface area contributed by atoms with Gasteiger partial charge in [-0.25, -0.2) is 4.39 Å². The van der Waals surface area contributed by atoms with E-state index < -0.39 is 11.9 Å². The molecular weight excluding hydrogens is 179 g/mol. The molecule has 1 nitrogen and oxygen atoms in total. The Hall–Kier alpha value is -0.600. The maximum atomic E-state index is 12.9. The predicted octanol–water partition coefficient (Wildman–Crippen LogP) is 2.84. The summed E-state index contributed by atoms with van der Waals surface area (Å²) in [5.74, 6) is -0.488. The molecule has 1 aromatic rings. The van der Waals surface area contributed by atoms with Crippen molar-refractivity contribution in [1.82, 2.24) is 0 Å². The SMILES string of the molecule is Cc1ccc(F)c(Cl)c1[C@H](C)O. The molecule has 0 aliphatic carbocycles. The molecule has 0 fully saturated rings. The second-order valence-corrected chi connectivity index (χ2v) is 3.15. The van der Waals surface area contributed by atoms with Gasteiger partial charge >= 0.3 is 0 Å². The van der Waals surface area contributed by atoms with Crippen LogP contribution in [-0.4, -0.2) is 5.11 Å². The molecular formula is C9H10ClFO. The highest BCUT2D eigenvalue weighted by Crippen LogP contribution is 2.28. The van der Waals surface area contributed by atoms with Gasteiger partial charge in [-0.3, -0.25) is 0 Å². The van der Waals surface area contributed by atoms with Crippen LogP contribution in [0.15, 0.2) is 12.1 Å². The third-order valence-corrected chi connectivity index (χ3v) is 2.15. The molecule has 0 aromatic heterocycles. The lowest BCUT2D eigenvalue weighted by Gasteiger charge is -2.10. The van der Waals surface area contributed by atoms with Gasteiger partial charge in [-0.05, 0) is 25.5 Å². The van der Waals surface area contributed by atoms with Crippen LogP contribution in [0.5, 0.6) is 0 Å². The summed E-state index contributed by atoms with van der Waals surface area (Å²) in [6.45, 7) is 3.35. The largest absolute Gasteiger partial charge is 0.389 e. The Balaban J connectivity index is 3.33. The number of aliphatic hydroxyl groups is 1. The summed E-state index contributed by atoms with van der Waals surface area (Å²) in [4.78, 5) is 0. The summed E-state index contributed by atoms with van der Waals surface area (Å²) in [6.07, 6.45) is -0.729. The van der Waals surface area contributed by atoms with Gasteiger partial charge in [-0.15, -0.1) is 0 Å². The first kappa shape index (κ1) is 9.49. The van der Waals surface area contributed by atoms with E-state index >= 15 is 0 Å². The number of benzene rings is 1. The molecule has 0 spiro atoms. The maximum Gasteiger partial charge on any atom is 0.142 e. The third kappa shape index (κ3) is 1.59. The van der Waals surface area contributed by atoms with Gasteiger partial charge in [0.25, 0.3) is 0 Å². The normalized spacial score (nSPS) is 13.1. The van der Waals surface area contributed by atoms with Crippen molar-refractivity contribution in [2.45, 2.75) is 20.0 Å². The summed E-state index contributed by atoms with van der Waals surface area (Å²) < 4.78 is 12.9. The van der Waals surface area contributed by atoms with E-state index in [0.717, 1.165) is 5.56 Å². The monoisotopic (exact) mass is 188 g/mol. The van der Waals surface area contributed by atoms with Crippen molar-refractivity contribution in [3.63, 3.8) is 0 Å². The fraction of sp³-hybridized carbons (Fsp3) is 0.333. The molecule has 66 valence electrons. The van der Waals surface area contributed by atoms with Crippen LogP contribution >= 0.6 is 11.6 Å². The van der Waals surface area contributed by atoms with Crippen molar-refractivity contribution in [3.05, 3.63) is 34.1 Å². The van der Waals surface area contributed by atoms with Gasteiger partial charge in [0.2, 0.25) is 0 Å². The van der Waals surface area contributed by atoms with Crippen molar-refractivity contribution in [1.29, 1.82) is 0 Å². The average Bonchev–Trinajstić information content (AvgIpc) is 1.97. The van der Waals surface area contributed by atoms with E-state index in [2.05, 4.69) is 0 Å². The molecule has 0 unspecified atom stereocenters. The lowest BCUT2D eigenvalue weighted by Crippen LogP contribution is -1.97. The van der Waals surface area contributed by atoms with Crippen LogP contribution in [0.2, 0.25) is 5.02 Å². The molecule has 1 atom stereocenters. The van der Waals surface area contributed by atoms with Crippen LogP contribution in [0, 0.1) is 12.7 Å². The van der Waals surface area contributed by atoms with Crippen LogP contribution in [0.3, 0.4) is 0 Å². The van der Waals surface area contributed by atoms with Crippen molar-refractivity contribution in [3.8, 4) is 0 Å². The predicted molar refractivity (Wildman–Crippen MR) is 46.8 cm³/mol. The Labute approximate surface area is 75.8 Å². The first-order valence-corrected chi connectivity index (χ1v) is 4.04. The van der Waals surface area contributed by atoms with E-state index in [1.807, 2.05) is 0 Å². The molecule has 0 bridgehead atoms. The minimum Gasteiger partial charge on any atom is -0.389 e. The Morgan fingerprint density at radius 3 is 2.50 bits per heavy atom. The van der Waals surface area contributed by atoms with E-state index in [4.69, 9.17) is 11.6 Å². The molecule has 12 heavy (non-hydrogen) atoms. The van der Waals surface area contributed by atoms with Gasteiger partial charge in [-0.1, -0.05) is 17.7 Å². The van der Waals surface area contributed by atoms with Crippen LogP contribution in [0.1, 0.15) is 24.2 Å². The maximum absolute atomic E-state index is 12.9. The zero-order valence-electron chi connectivity index (χ0n) is 6.94. The molecule has 1 N–H and O–H groups in total.